The Morgan fingerprint density at radius 1 is 0.520 bits per heavy atom. The van der Waals surface area contributed by atoms with E-state index >= 15 is 0 Å². The van der Waals surface area contributed by atoms with Crippen LogP contribution < -0.4 is 0 Å². The minimum atomic E-state index is -0.484. The number of rotatable bonds is 37. The van der Waals surface area contributed by atoms with Crippen LogP contribution in [0.4, 0.5) is 0 Å². The van der Waals surface area contributed by atoms with Crippen LogP contribution in [0.15, 0.2) is 24.3 Å². The van der Waals surface area contributed by atoms with Gasteiger partial charge in [-0.05, 0) is 70.6 Å². The van der Waals surface area contributed by atoms with Crippen molar-refractivity contribution in [3.8, 4) is 0 Å². The van der Waals surface area contributed by atoms with Crippen LogP contribution in [0.3, 0.4) is 0 Å². The Labute approximate surface area is 305 Å². The van der Waals surface area contributed by atoms with Gasteiger partial charge in [0.05, 0.1) is 38.8 Å². The third-order valence-electron chi connectivity index (χ3n) is 8.27. The summed E-state index contributed by atoms with van der Waals surface area (Å²) >= 11 is 0. The quantitative estimate of drug-likeness (QED) is 0.0221. The predicted octanol–water partition coefficient (Wildman–Crippen LogP) is 9.73. The predicted molar refractivity (Wildman–Crippen MR) is 201 cm³/mol. The fourth-order valence-electron chi connectivity index (χ4n) is 5.11. The number of esters is 3. The number of carbonyl (C=O) groups excluding carboxylic acids is 3. The lowest BCUT2D eigenvalue weighted by atomic mass is 10.1. The van der Waals surface area contributed by atoms with E-state index in [1.807, 2.05) is 0 Å². The number of unbranched alkanes of at least 4 members (excludes halogenated alkanes) is 13. The number of hydrogen-bond acceptors (Lipinski definition) is 9. The third kappa shape index (κ3) is 34.2. The molecule has 0 rings (SSSR count). The maximum atomic E-state index is 12.5. The largest absolute Gasteiger partial charge is 0.466 e. The topological polar surface area (TPSA) is 118 Å². The number of aliphatic hydroxyl groups excluding tert-OH is 1. The SMILES string of the molecule is CC/C=C\CCCCOC(CCC(=O)OCC(CO)COC(=O)CCCCCCC(=O)OCCCCCCCCC)OCCCC/C=C\CC. The molecule has 0 aliphatic carbocycles. The third-order valence-corrected chi connectivity index (χ3v) is 8.27. The molecule has 0 fully saturated rings. The van der Waals surface area contributed by atoms with Gasteiger partial charge in [-0.25, -0.2) is 0 Å². The van der Waals surface area contributed by atoms with Crippen LogP contribution in [0, 0.1) is 5.92 Å². The Bertz CT molecular complexity index is 818. The molecule has 1 N–H and O–H groups in total. The lowest BCUT2D eigenvalue weighted by molar-refractivity contribution is -0.161. The molecule has 0 spiro atoms. The van der Waals surface area contributed by atoms with Gasteiger partial charge in [0.25, 0.3) is 0 Å². The van der Waals surface area contributed by atoms with Gasteiger partial charge in [-0.15, -0.1) is 0 Å². The van der Waals surface area contributed by atoms with Crippen molar-refractivity contribution in [2.45, 2.75) is 175 Å². The molecule has 1 atom stereocenters. The Morgan fingerprint density at radius 3 is 1.50 bits per heavy atom. The second-order valence-corrected chi connectivity index (χ2v) is 13.1. The van der Waals surface area contributed by atoms with Gasteiger partial charge >= 0.3 is 17.9 Å². The molecule has 0 radical (unpaired) electrons. The molecule has 0 aromatic carbocycles. The lowest BCUT2D eigenvalue weighted by Crippen LogP contribution is -2.25. The van der Waals surface area contributed by atoms with Crippen molar-refractivity contribution in [2.75, 3.05) is 39.6 Å². The molecule has 0 aliphatic rings. The van der Waals surface area contributed by atoms with E-state index < -0.39 is 18.2 Å². The summed E-state index contributed by atoms with van der Waals surface area (Å²) in [6, 6.07) is 0. The summed E-state index contributed by atoms with van der Waals surface area (Å²) in [6.45, 7) is 7.82. The Balaban J connectivity index is 4.14. The summed E-state index contributed by atoms with van der Waals surface area (Å²) in [7, 11) is 0. The van der Waals surface area contributed by atoms with E-state index in [2.05, 4.69) is 45.1 Å². The lowest BCUT2D eigenvalue weighted by Gasteiger charge is -2.19. The molecule has 0 aromatic heterocycles. The van der Waals surface area contributed by atoms with Crippen LogP contribution >= 0.6 is 0 Å². The van der Waals surface area contributed by atoms with Crippen LogP contribution in [0.25, 0.3) is 0 Å². The molecule has 0 heterocycles. The highest BCUT2D eigenvalue weighted by molar-refractivity contribution is 5.70. The van der Waals surface area contributed by atoms with Crippen molar-refractivity contribution in [3.63, 3.8) is 0 Å². The molecule has 0 bridgehead atoms. The first kappa shape index (κ1) is 47.8. The van der Waals surface area contributed by atoms with Crippen molar-refractivity contribution in [1.29, 1.82) is 0 Å². The molecule has 0 aromatic rings. The minimum Gasteiger partial charge on any atom is -0.466 e. The second-order valence-electron chi connectivity index (χ2n) is 13.1. The van der Waals surface area contributed by atoms with Gasteiger partial charge in [0, 0.05) is 32.5 Å². The molecule has 9 nitrogen and oxygen atoms in total. The molecule has 1 unspecified atom stereocenters. The molecule has 50 heavy (non-hydrogen) atoms. The Kier molecular flexibility index (Phi) is 36.3. The first-order valence-corrected chi connectivity index (χ1v) is 20.1. The summed E-state index contributed by atoms with van der Waals surface area (Å²) < 4.78 is 28.0. The monoisotopic (exact) mass is 711 g/mol. The molecule has 0 aliphatic heterocycles. The summed E-state index contributed by atoms with van der Waals surface area (Å²) in [5.74, 6) is -1.37. The summed E-state index contributed by atoms with van der Waals surface area (Å²) in [6.07, 6.45) is 29.0. The number of allylic oxidation sites excluding steroid dienone is 4. The van der Waals surface area contributed by atoms with E-state index in [4.69, 9.17) is 23.7 Å². The van der Waals surface area contributed by atoms with Gasteiger partial charge < -0.3 is 28.8 Å². The molecule has 9 heteroatoms. The number of carbonyl (C=O) groups is 3. The molecule has 0 amide bonds. The van der Waals surface area contributed by atoms with Gasteiger partial charge in [0.15, 0.2) is 6.29 Å². The van der Waals surface area contributed by atoms with Crippen molar-refractivity contribution in [2.24, 2.45) is 5.92 Å². The van der Waals surface area contributed by atoms with Gasteiger partial charge in [0.1, 0.15) is 0 Å². The molecule has 0 saturated heterocycles. The normalized spacial score (nSPS) is 12.3. The van der Waals surface area contributed by atoms with E-state index in [9.17, 15) is 19.5 Å². The van der Waals surface area contributed by atoms with Crippen LogP contribution in [0.2, 0.25) is 0 Å². The van der Waals surface area contributed by atoms with Gasteiger partial charge in [-0.1, -0.05) is 96.4 Å². The van der Waals surface area contributed by atoms with Gasteiger partial charge in [-0.2, -0.15) is 0 Å². The van der Waals surface area contributed by atoms with E-state index in [-0.39, 0.29) is 44.6 Å². The zero-order chi connectivity index (χ0) is 36.8. The number of aliphatic hydroxyl groups is 1. The number of hydrogen-bond donors (Lipinski definition) is 1. The van der Waals surface area contributed by atoms with Crippen LogP contribution in [0.1, 0.15) is 168 Å². The Hall–Kier alpha value is -2.23. The van der Waals surface area contributed by atoms with E-state index in [0.29, 0.717) is 39.1 Å². The second kappa shape index (κ2) is 38.0. The van der Waals surface area contributed by atoms with Crippen LogP contribution in [0.5, 0.6) is 0 Å². The number of ether oxygens (including phenoxy) is 5. The molecule has 0 saturated carbocycles. The smallest absolute Gasteiger partial charge is 0.305 e. The standard InChI is InChI=1S/C41H74O9/c1-4-7-10-13-16-21-24-31-46-38(43)27-22-17-18-23-28-39(44)49-35-37(34-42)36-50-40(45)29-30-41(47-32-25-19-14-11-8-5-2)48-33-26-20-15-12-9-6-3/h8-9,11-12,37,41-42H,4-7,10,13-36H2,1-3H3/b11-8-,12-9-. The minimum absolute atomic E-state index is 0.0110. The van der Waals surface area contributed by atoms with E-state index in [1.165, 1.54) is 32.1 Å². The van der Waals surface area contributed by atoms with Crippen molar-refractivity contribution in [1.82, 2.24) is 0 Å². The van der Waals surface area contributed by atoms with Crippen LogP contribution in [-0.2, 0) is 38.1 Å². The average molecular weight is 711 g/mol. The average Bonchev–Trinajstić information content (AvgIpc) is 3.11. The molecular formula is C41H74O9. The molecular weight excluding hydrogens is 636 g/mol. The van der Waals surface area contributed by atoms with E-state index in [0.717, 1.165) is 83.5 Å². The fourth-order valence-corrected chi connectivity index (χ4v) is 5.11. The van der Waals surface area contributed by atoms with E-state index in [1.54, 1.807) is 0 Å². The maximum Gasteiger partial charge on any atom is 0.305 e. The fraction of sp³-hybridized carbons (Fsp3) is 0.829. The van der Waals surface area contributed by atoms with Gasteiger partial charge in [0.2, 0.25) is 0 Å². The molecule has 292 valence electrons. The maximum absolute atomic E-state index is 12.5. The highest BCUT2D eigenvalue weighted by atomic mass is 16.7. The zero-order valence-electron chi connectivity index (χ0n) is 32.2. The van der Waals surface area contributed by atoms with Crippen LogP contribution in [-0.4, -0.2) is 68.9 Å². The Morgan fingerprint density at radius 2 is 0.980 bits per heavy atom. The zero-order valence-corrected chi connectivity index (χ0v) is 32.2. The summed E-state index contributed by atoms with van der Waals surface area (Å²) in [4.78, 5) is 36.6. The van der Waals surface area contributed by atoms with Crippen molar-refractivity contribution < 1.29 is 43.2 Å². The highest BCUT2D eigenvalue weighted by Gasteiger charge is 2.17. The van der Waals surface area contributed by atoms with Gasteiger partial charge in [-0.3, -0.25) is 14.4 Å². The first-order valence-electron chi connectivity index (χ1n) is 20.1. The van der Waals surface area contributed by atoms with Crippen molar-refractivity contribution in [3.05, 3.63) is 24.3 Å². The first-order chi connectivity index (χ1) is 24.5. The summed E-state index contributed by atoms with van der Waals surface area (Å²) in [5, 5.41) is 9.72. The van der Waals surface area contributed by atoms with Crippen molar-refractivity contribution >= 4 is 17.9 Å². The summed E-state index contributed by atoms with van der Waals surface area (Å²) in [5.41, 5.74) is 0. The highest BCUT2D eigenvalue weighted by Crippen LogP contribution is 2.12.